The lowest BCUT2D eigenvalue weighted by Crippen LogP contribution is -2.44. The minimum absolute atomic E-state index is 0.0379. The normalized spacial score (nSPS) is 14.9. The van der Waals surface area contributed by atoms with E-state index in [-0.39, 0.29) is 30.1 Å². The van der Waals surface area contributed by atoms with Gasteiger partial charge in [0.25, 0.3) is 5.91 Å². The van der Waals surface area contributed by atoms with Gasteiger partial charge in [-0.1, -0.05) is 12.8 Å². The predicted molar refractivity (Wildman–Crippen MR) is 78.9 cm³/mol. The molecule has 21 heavy (non-hydrogen) atoms. The van der Waals surface area contributed by atoms with Crippen LogP contribution >= 0.6 is 11.3 Å². The first kappa shape index (κ1) is 15.4. The molecule has 1 fully saturated rings. The minimum atomic E-state index is -0.535. The highest BCUT2D eigenvalue weighted by Gasteiger charge is 2.29. The molecule has 2 rings (SSSR count). The predicted octanol–water partition coefficient (Wildman–Crippen LogP) is 0.972. The molecule has 3 amide bonds. The lowest BCUT2D eigenvalue weighted by Gasteiger charge is -2.26. The maximum absolute atomic E-state index is 12.5. The molecule has 3 N–H and O–H groups in total. The molecular formula is C13H18N4O3S. The van der Waals surface area contributed by atoms with Crippen molar-refractivity contribution in [2.75, 3.05) is 11.9 Å². The highest BCUT2D eigenvalue weighted by molar-refractivity contribution is 7.14. The fraction of sp³-hybridized carbons (Fsp3) is 0.538. The maximum Gasteiger partial charge on any atom is 0.274 e. The number of thiazole rings is 1. The molecule has 1 aromatic rings. The second-order valence-electron chi connectivity index (χ2n) is 5.06. The standard InChI is InChI=1S/C13H18N4O3S/c1-8(18)15-13-16-10(7-21-13)12(20)17(6-11(14)19)9-4-2-3-5-9/h7,9H,2-6H2,1H3,(H2,14,19)(H,15,16,18). The van der Waals surface area contributed by atoms with E-state index in [0.717, 1.165) is 25.7 Å². The van der Waals surface area contributed by atoms with Gasteiger partial charge in [0.2, 0.25) is 11.8 Å². The molecule has 0 bridgehead atoms. The molecule has 8 heteroatoms. The summed E-state index contributed by atoms with van der Waals surface area (Å²) in [5.74, 6) is -1.09. The molecule has 0 saturated heterocycles. The number of primary amides is 1. The average molecular weight is 310 g/mol. The Hall–Kier alpha value is -1.96. The maximum atomic E-state index is 12.5. The topological polar surface area (TPSA) is 105 Å². The molecule has 0 atom stereocenters. The summed E-state index contributed by atoms with van der Waals surface area (Å²) in [6.45, 7) is 1.28. The van der Waals surface area contributed by atoms with E-state index in [0.29, 0.717) is 5.13 Å². The van der Waals surface area contributed by atoms with Crippen molar-refractivity contribution in [3.05, 3.63) is 11.1 Å². The molecule has 1 aromatic heterocycles. The highest BCUT2D eigenvalue weighted by atomic mass is 32.1. The Bertz CT molecular complexity index is 551. The SMILES string of the molecule is CC(=O)Nc1nc(C(=O)N(CC(N)=O)C2CCCC2)cs1. The Morgan fingerprint density at radius 2 is 2.10 bits per heavy atom. The van der Waals surface area contributed by atoms with Crippen LogP contribution in [0.4, 0.5) is 5.13 Å². The number of amides is 3. The van der Waals surface area contributed by atoms with E-state index < -0.39 is 5.91 Å². The number of hydrogen-bond donors (Lipinski definition) is 2. The number of carbonyl (C=O) groups excluding carboxylic acids is 3. The van der Waals surface area contributed by atoms with Crippen molar-refractivity contribution in [3.63, 3.8) is 0 Å². The van der Waals surface area contributed by atoms with Gasteiger partial charge in [-0.25, -0.2) is 4.98 Å². The first-order valence-electron chi connectivity index (χ1n) is 6.79. The third-order valence-electron chi connectivity index (χ3n) is 3.36. The molecule has 0 unspecified atom stereocenters. The van der Waals surface area contributed by atoms with Crippen molar-refractivity contribution in [1.29, 1.82) is 0 Å². The van der Waals surface area contributed by atoms with Crippen molar-refractivity contribution in [1.82, 2.24) is 9.88 Å². The highest BCUT2D eigenvalue weighted by Crippen LogP contribution is 2.25. The van der Waals surface area contributed by atoms with Crippen LogP contribution in [0, 0.1) is 0 Å². The summed E-state index contributed by atoms with van der Waals surface area (Å²) in [7, 11) is 0. The van der Waals surface area contributed by atoms with Crippen LogP contribution in [0.5, 0.6) is 0 Å². The molecule has 1 heterocycles. The van der Waals surface area contributed by atoms with Gasteiger partial charge < -0.3 is 16.0 Å². The van der Waals surface area contributed by atoms with Crippen molar-refractivity contribution in [3.8, 4) is 0 Å². The Morgan fingerprint density at radius 3 is 2.67 bits per heavy atom. The molecule has 0 spiro atoms. The van der Waals surface area contributed by atoms with Crippen LogP contribution in [-0.4, -0.2) is 40.2 Å². The van der Waals surface area contributed by atoms with Crippen LogP contribution in [0.15, 0.2) is 5.38 Å². The molecule has 1 aliphatic rings. The number of hydrogen-bond acceptors (Lipinski definition) is 5. The molecular weight excluding hydrogens is 292 g/mol. The quantitative estimate of drug-likeness (QED) is 0.845. The zero-order chi connectivity index (χ0) is 15.4. The van der Waals surface area contributed by atoms with Crippen LogP contribution in [0.1, 0.15) is 43.1 Å². The lowest BCUT2D eigenvalue weighted by molar-refractivity contribution is -0.119. The van der Waals surface area contributed by atoms with E-state index in [1.165, 1.54) is 23.2 Å². The zero-order valence-corrected chi connectivity index (χ0v) is 12.6. The molecule has 0 aliphatic heterocycles. The van der Waals surface area contributed by atoms with Crippen molar-refractivity contribution in [2.24, 2.45) is 5.73 Å². The van der Waals surface area contributed by atoms with Gasteiger partial charge in [0, 0.05) is 18.3 Å². The number of rotatable bonds is 5. The lowest BCUT2D eigenvalue weighted by atomic mass is 10.2. The number of nitrogens with one attached hydrogen (secondary N) is 1. The summed E-state index contributed by atoms with van der Waals surface area (Å²) < 4.78 is 0. The molecule has 1 aliphatic carbocycles. The van der Waals surface area contributed by atoms with Gasteiger partial charge in [-0.15, -0.1) is 11.3 Å². The molecule has 0 radical (unpaired) electrons. The van der Waals surface area contributed by atoms with E-state index in [1.807, 2.05) is 0 Å². The molecule has 7 nitrogen and oxygen atoms in total. The summed E-state index contributed by atoms with van der Waals surface area (Å²) in [6.07, 6.45) is 3.84. The summed E-state index contributed by atoms with van der Waals surface area (Å²) in [5.41, 5.74) is 5.47. The van der Waals surface area contributed by atoms with Gasteiger partial charge in [-0.05, 0) is 12.8 Å². The van der Waals surface area contributed by atoms with Gasteiger partial charge in [-0.3, -0.25) is 14.4 Å². The van der Waals surface area contributed by atoms with Gasteiger partial charge >= 0.3 is 0 Å². The Labute approximate surface area is 126 Å². The monoisotopic (exact) mass is 310 g/mol. The number of carbonyl (C=O) groups is 3. The number of anilines is 1. The van der Waals surface area contributed by atoms with Crippen LogP contribution in [-0.2, 0) is 9.59 Å². The van der Waals surface area contributed by atoms with Crippen LogP contribution < -0.4 is 11.1 Å². The average Bonchev–Trinajstić information content (AvgIpc) is 3.05. The van der Waals surface area contributed by atoms with Crippen LogP contribution in [0.2, 0.25) is 0 Å². The van der Waals surface area contributed by atoms with Gasteiger partial charge in [0.05, 0.1) is 6.54 Å². The van der Waals surface area contributed by atoms with E-state index in [1.54, 1.807) is 5.38 Å². The zero-order valence-electron chi connectivity index (χ0n) is 11.8. The number of aromatic nitrogens is 1. The van der Waals surface area contributed by atoms with E-state index >= 15 is 0 Å². The smallest absolute Gasteiger partial charge is 0.274 e. The summed E-state index contributed by atoms with van der Waals surface area (Å²) in [6, 6.07) is 0.0379. The fourth-order valence-electron chi connectivity index (χ4n) is 2.48. The van der Waals surface area contributed by atoms with Crippen molar-refractivity contribution < 1.29 is 14.4 Å². The van der Waals surface area contributed by atoms with Crippen LogP contribution in [0.3, 0.4) is 0 Å². The van der Waals surface area contributed by atoms with Gasteiger partial charge in [0.1, 0.15) is 5.69 Å². The molecule has 0 aromatic carbocycles. The summed E-state index contributed by atoms with van der Waals surface area (Å²) in [4.78, 5) is 40.3. The Kier molecular flexibility index (Phi) is 4.89. The first-order valence-corrected chi connectivity index (χ1v) is 7.67. The second kappa shape index (κ2) is 6.66. The molecule has 1 saturated carbocycles. The van der Waals surface area contributed by atoms with E-state index in [2.05, 4.69) is 10.3 Å². The van der Waals surface area contributed by atoms with Gasteiger partial charge in [0.15, 0.2) is 5.13 Å². The number of nitrogens with two attached hydrogens (primary N) is 1. The summed E-state index contributed by atoms with van der Waals surface area (Å²) in [5, 5.41) is 4.49. The summed E-state index contributed by atoms with van der Waals surface area (Å²) >= 11 is 1.18. The van der Waals surface area contributed by atoms with E-state index in [4.69, 9.17) is 5.73 Å². The van der Waals surface area contributed by atoms with Crippen molar-refractivity contribution in [2.45, 2.75) is 38.6 Å². The Morgan fingerprint density at radius 1 is 1.43 bits per heavy atom. The first-order chi connectivity index (χ1) is 9.97. The van der Waals surface area contributed by atoms with Gasteiger partial charge in [-0.2, -0.15) is 0 Å². The second-order valence-corrected chi connectivity index (χ2v) is 5.91. The van der Waals surface area contributed by atoms with Crippen LogP contribution in [0.25, 0.3) is 0 Å². The molecule has 114 valence electrons. The third-order valence-corrected chi connectivity index (χ3v) is 4.12. The third kappa shape index (κ3) is 4.01. The van der Waals surface area contributed by atoms with E-state index in [9.17, 15) is 14.4 Å². The fourth-order valence-corrected chi connectivity index (χ4v) is 3.21. The largest absolute Gasteiger partial charge is 0.368 e. The minimum Gasteiger partial charge on any atom is -0.368 e. The Balaban J connectivity index is 2.14. The van der Waals surface area contributed by atoms with Crippen molar-refractivity contribution >= 4 is 34.2 Å². The number of nitrogens with zero attached hydrogens (tertiary/aromatic N) is 2.